The van der Waals surface area contributed by atoms with E-state index in [1.807, 2.05) is 6.07 Å². The molecular formula is C45H30O. The minimum Gasteiger partial charge on any atom is -0.456 e. The second-order valence-electron chi connectivity index (χ2n) is 13.2. The van der Waals surface area contributed by atoms with Crippen molar-refractivity contribution in [2.24, 2.45) is 0 Å². The summed E-state index contributed by atoms with van der Waals surface area (Å²) in [5, 5.41) is 9.99. The first kappa shape index (κ1) is 25.6. The summed E-state index contributed by atoms with van der Waals surface area (Å²) in [6.45, 7) is 4.76. The molecule has 1 aliphatic carbocycles. The van der Waals surface area contributed by atoms with Crippen LogP contribution in [0.15, 0.2) is 150 Å². The van der Waals surface area contributed by atoms with Gasteiger partial charge in [-0.2, -0.15) is 0 Å². The summed E-state index contributed by atoms with van der Waals surface area (Å²) in [6, 6.07) is 53.4. The van der Waals surface area contributed by atoms with Crippen molar-refractivity contribution in [1.82, 2.24) is 0 Å². The number of hydrogen-bond acceptors (Lipinski definition) is 1. The van der Waals surface area contributed by atoms with Crippen LogP contribution in [0.3, 0.4) is 0 Å². The Bertz CT molecular complexity index is 2660. The molecule has 216 valence electrons. The fourth-order valence-electron chi connectivity index (χ4n) is 8.48. The van der Waals surface area contributed by atoms with Crippen molar-refractivity contribution in [3.63, 3.8) is 0 Å². The molecule has 0 aliphatic heterocycles. The number of furan rings is 1. The van der Waals surface area contributed by atoms with Gasteiger partial charge in [0, 0.05) is 16.2 Å². The lowest BCUT2D eigenvalue weighted by molar-refractivity contribution is 0.666. The van der Waals surface area contributed by atoms with Crippen LogP contribution < -0.4 is 0 Å². The van der Waals surface area contributed by atoms with Gasteiger partial charge in [0.1, 0.15) is 11.2 Å². The van der Waals surface area contributed by atoms with Gasteiger partial charge in [-0.1, -0.05) is 135 Å². The van der Waals surface area contributed by atoms with Gasteiger partial charge >= 0.3 is 0 Å². The van der Waals surface area contributed by atoms with E-state index in [1.165, 1.54) is 76.8 Å². The van der Waals surface area contributed by atoms with Gasteiger partial charge in [-0.15, -0.1) is 0 Å². The summed E-state index contributed by atoms with van der Waals surface area (Å²) in [6.07, 6.45) is 0. The highest BCUT2D eigenvalue weighted by molar-refractivity contribution is 6.25. The Morgan fingerprint density at radius 1 is 0.391 bits per heavy atom. The van der Waals surface area contributed by atoms with E-state index in [-0.39, 0.29) is 5.41 Å². The third-order valence-corrected chi connectivity index (χ3v) is 10.4. The van der Waals surface area contributed by atoms with Gasteiger partial charge in [0.2, 0.25) is 0 Å². The Hall–Kier alpha value is -5.66. The predicted octanol–water partition coefficient (Wildman–Crippen LogP) is 12.7. The molecule has 0 amide bonds. The zero-order valence-electron chi connectivity index (χ0n) is 25.8. The smallest absolute Gasteiger partial charge is 0.135 e. The standard InChI is InChI=1S/C45H30O/c1-45(2)39-21-11-9-14-29(39)38-26-37(28-13-3-8-20-35(28)44(38)45)43-33-18-6-4-16-31(33)42(32-17-5-7-19-34(32)43)27-23-24-41-36(25-27)30-15-10-12-22-40(30)46-41/h3-26H,1-2H3. The number of para-hydroxylation sites is 1. The molecule has 1 heteroatoms. The maximum atomic E-state index is 6.21. The second kappa shape index (κ2) is 9.19. The first-order valence-electron chi connectivity index (χ1n) is 16.1. The highest BCUT2D eigenvalue weighted by atomic mass is 16.3. The van der Waals surface area contributed by atoms with Crippen LogP contribution >= 0.6 is 0 Å². The highest BCUT2D eigenvalue weighted by Gasteiger charge is 2.37. The first-order valence-corrected chi connectivity index (χ1v) is 16.1. The summed E-state index contributed by atoms with van der Waals surface area (Å²) < 4.78 is 6.21. The van der Waals surface area contributed by atoms with E-state index >= 15 is 0 Å². The Balaban J connectivity index is 1.34. The molecule has 9 aromatic rings. The Morgan fingerprint density at radius 2 is 0.935 bits per heavy atom. The fraction of sp³-hybridized carbons (Fsp3) is 0.0667. The normalized spacial score (nSPS) is 13.6. The Kier molecular flexibility index (Phi) is 5.12. The van der Waals surface area contributed by atoms with Crippen molar-refractivity contribution in [3.05, 3.63) is 157 Å². The number of hydrogen-bond donors (Lipinski definition) is 0. The molecule has 8 aromatic carbocycles. The molecule has 0 saturated carbocycles. The van der Waals surface area contributed by atoms with Gasteiger partial charge in [0.25, 0.3) is 0 Å². The van der Waals surface area contributed by atoms with Crippen LogP contribution in [0.1, 0.15) is 25.0 Å². The summed E-state index contributed by atoms with van der Waals surface area (Å²) in [5.41, 5.74) is 12.3. The molecule has 10 rings (SSSR count). The van der Waals surface area contributed by atoms with Gasteiger partial charge in [-0.25, -0.2) is 0 Å². The summed E-state index contributed by atoms with van der Waals surface area (Å²) >= 11 is 0. The molecule has 0 radical (unpaired) electrons. The molecule has 1 heterocycles. The third-order valence-electron chi connectivity index (χ3n) is 10.4. The average molecular weight is 587 g/mol. The largest absolute Gasteiger partial charge is 0.456 e. The molecule has 0 unspecified atom stereocenters. The maximum absolute atomic E-state index is 6.21. The maximum Gasteiger partial charge on any atom is 0.135 e. The van der Waals surface area contributed by atoms with Crippen molar-refractivity contribution < 1.29 is 4.42 Å². The fourth-order valence-corrected chi connectivity index (χ4v) is 8.48. The number of fused-ring (bicyclic) bond motifs is 10. The second-order valence-corrected chi connectivity index (χ2v) is 13.2. The minimum absolute atomic E-state index is 0.0754. The molecule has 0 saturated heterocycles. The zero-order chi connectivity index (χ0) is 30.6. The zero-order valence-corrected chi connectivity index (χ0v) is 25.8. The monoisotopic (exact) mass is 586 g/mol. The molecule has 1 nitrogen and oxygen atoms in total. The molecular weight excluding hydrogens is 556 g/mol. The lowest BCUT2D eigenvalue weighted by Crippen LogP contribution is -2.15. The minimum atomic E-state index is -0.0754. The van der Waals surface area contributed by atoms with Crippen molar-refractivity contribution in [3.8, 4) is 33.4 Å². The quantitative estimate of drug-likeness (QED) is 0.184. The third kappa shape index (κ3) is 3.35. The first-order chi connectivity index (χ1) is 22.6. The van der Waals surface area contributed by atoms with Crippen LogP contribution in [0.5, 0.6) is 0 Å². The van der Waals surface area contributed by atoms with E-state index in [0.717, 1.165) is 21.9 Å². The summed E-state index contributed by atoms with van der Waals surface area (Å²) in [5.74, 6) is 0. The van der Waals surface area contributed by atoms with E-state index in [1.54, 1.807) is 0 Å². The lowest BCUT2D eigenvalue weighted by atomic mass is 9.78. The molecule has 0 N–H and O–H groups in total. The van der Waals surface area contributed by atoms with Crippen LogP contribution in [0.2, 0.25) is 0 Å². The van der Waals surface area contributed by atoms with Crippen LogP contribution in [0.25, 0.3) is 87.6 Å². The van der Waals surface area contributed by atoms with Crippen LogP contribution in [0, 0.1) is 0 Å². The van der Waals surface area contributed by atoms with E-state index in [4.69, 9.17) is 4.42 Å². The van der Waals surface area contributed by atoms with E-state index in [9.17, 15) is 0 Å². The average Bonchev–Trinajstić information content (AvgIpc) is 3.58. The van der Waals surface area contributed by atoms with Gasteiger partial charge in [0.15, 0.2) is 0 Å². The molecule has 1 aromatic heterocycles. The van der Waals surface area contributed by atoms with Gasteiger partial charge in [0.05, 0.1) is 0 Å². The van der Waals surface area contributed by atoms with Crippen molar-refractivity contribution in [2.75, 3.05) is 0 Å². The van der Waals surface area contributed by atoms with E-state index < -0.39 is 0 Å². The van der Waals surface area contributed by atoms with E-state index in [0.29, 0.717) is 0 Å². The molecule has 0 fully saturated rings. The Morgan fingerprint density at radius 3 is 1.65 bits per heavy atom. The van der Waals surface area contributed by atoms with E-state index in [2.05, 4.69) is 153 Å². The molecule has 46 heavy (non-hydrogen) atoms. The SMILES string of the molecule is CC1(C)c2ccccc2-c2cc(-c3c4ccccc4c(-c4ccc5oc6ccccc6c5c4)c4ccccc34)c3ccccc3c21. The van der Waals surface area contributed by atoms with Gasteiger partial charge < -0.3 is 4.42 Å². The van der Waals surface area contributed by atoms with Crippen molar-refractivity contribution in [1.29, 1.82) is 0 Å². The summed E-state index contributed by atoms with van der Waals surface area (Å²) in [4.78, 5) is 0. The number of rotatable bonds is 2. The van der Waals surface area contributed by atoms with Gasteiger partial charge in [-0.3, -0.25) is 0 Å². The van der Waals surface area contributed by atoms with Gasteiger partial charge in [-0.05, 0) is 101 Å². The van der Waals surface area contributed by atoms with Crippen molar-refractivity contribution >= 4 is 54.3 Å². The van der Waals surface area contributed by atoms with Crippen LogP contribution in [0.4, 0.5) is 0 Å². The molecule has 0 atom stereocenters. The number of benzene rings is 8. The summed E-state index contributed by atoms with van der Waals surface area (Å²) in [7, 11) is 0. The highest BCUT2D eigenvalue weighted by Crippen LogP contribution is 2.54. The van der Waals surface area contributed by atoms with Crippen molar-refractivity contribution in [2.45, 2.75) is 19.3 Å². The topological polar surface area (TPSA) is 13.1 Å². The molecule has 0 spiro atoms. The van der Waals surface area contributed by atoms with Crippen LogP contribution in [-0.4, -0.2) is 0 Å². The van der Waals surface area contributed by atoms with Crippen LogP contribution in [-0.2, 0) is 5.41 Å². The lowest BCUT2D eigenvalue weighted by Gasteiger charge is -2.25. The predicted molar refractivity (Wildman–Crippen MR) is 195 cm³/mol. The molecule has 1 aliphatic rings. The molecule has 0 bridgehead atoms. The Labute approximate surface area is 267 Å².